The van der Waals surface area contributed by atoms with E-state index in [9.17, 15) is 22.8 Å². The van der Waals surface area contributed by atoms with Gasteiger partial charge in [0.25, 0.3) is 5.91 Å². The van der Waals surface area contributed by atoms with E-state index in [2.05, 4.69) is 4.74 Å². The predicted octanol–water partition coefficient (Wildman–Crippen LogP) is 2.37. The number of rotatable bonds is 2. The van der Waals surface area contributed by atoms with Crippen LogP contribution in [0.2, 0.25) is 0 Å². The molecular weight excluding hydrogens is 275 g/mol. The summed E-state index contributed by atoms with van der Waals surface area (Å²) < 4.78 is 41.8. The van der Waals surface area contributed by atoms with Crippen molar-refractivity contribution in [3.05, 3.63) is 29.8 Å². The van der Waals surface area contributed by atoms with Crippen LogP contribution in [0.25, 0.3) is 0 Å². The number of ether oxygens (including phenoxy) is 1. The van der Waals surface area contributed by atoms with Gasteiger partial charge in [-0.05, 0) is 12.5 Å². The van der Waals surface area contributed by atoms with Crippen LogP contribution < -0.4 is 4.90 Å². The van der Waals surface area contributed by atoms with Gasteiger partial charge in [0, 0.05) is 12.6 Å². The third-order valence-corrected chi connectivity index (χ3v) is 3.35. The first-order valence-electron chi connectivity index (χ1n) is 5.92. The van der Waals surface area contributed by atoms with E-state index in [1.165, 1.54) is 24.9 Å². The lowest BCUT2D eigenvalue weighted by Crippen LogP contribution is -2.44. The molecule has 0 radical (unpaired) electrons. The number of amides is 1. The number of alkyl halides is 3. The molecule has 0 fully saturated rings. The van der Waals surface area contributed by atoms with Gasteiger partial charge in [0.2, 0.25) is 5.60 Å². The number of hydrogen-bond donors (Lipinski definition) is 0. The number of fused-ring (bicyclic) bond motifs is 1. The molecule has 0 N–H and O–H groups in total. The van der Waals surface area contributed by atoms with E-state index >= 15 is 0 Å². The van der Waals surface area contributed by atoms with Crippen LogP contribution in [-0.4, -0.2) is 25.1 Å². The van der Waals surface area contributed by atoms with E-state index in [1.807, 2.05) is 0 Å². The first kappa shape index (κ1) is 14.4. The van der Waals surface area contributed by atoms with E-state index in [1.54, 1.807) is 18.2 Å². The highest BCUT2D eigenvalue weighted by Crippen LogP contribution is 2.44. The molecule has 0 saturated heterocycles. The summed E-state index contributed by atoms with van der Waals surface area (Å²) >= 11 is 0. The molecule has 2 rings (SSSR count). The highest BCUT2D eigenvalue weighted by Gasteiger charge is 2.55. The van der Waals surface area contributed by atoms with Crippen molar-refractivity contribution >= 4 is 17.6 Å². The molecule has 1 unspecified atom stereocenters. The van der Waals surface area contributed by atoms with Crippen molar-refractivity contribution in [2.75, 3.05) is 11.9 Å². The zero-order valence-electron chi connectivity index (χ0n) is 10.8. The number of likely N-dealkylation sites (N-methyl/N-ethyl adjacent to an activating group) is 1. The second kappa shape index (κ2) is 4.50. The maximum absolute atomic E-state index is 12.4. The first-order valence-corrected chi connectivity index (χ1v) is 5.92. The van der Waals surface area contributed by atoms with Crippen molar-refractivity contribution in [3.63, 3.8) is 0 Å². The number of esters is 1. The number of carbonyl (C=O) groups excluding carboxylic acids is 2. The van der Waals surface area contributed by atoms with Crippen molar-refractivity contribution in [2.24, 2.45) is 0 Å². The molecule has 0 aromatic heterocycles. The second-order valence-corrected chi connectivity index (χ2v) is 4.45. The van der Waals surface area contributed by atoms with E-state index in [4.69, 9.17) is 0 Å². The Morgan fingerprint density at radius 2 is 1.95 bits per heavy atom. The van der Waals surface area contributed by atoms with Gasteiger partial charge in [-0.15, -0.1) is 0 Å². The summed E-state index contributed by atoms with van der Waals surface area (Å²) in [5.41, 5.74) is -1.19. The second-order valence-electron chi connectivity index (χ2n) is 4.45. The number of nitrogens with zero attached hydrogens (tertiary/aromatic N) is 1. The Kier molecular flexibility index (Phi) is 3.23. The minimum atomic E-state index is -5.14. The number of carbonyl (C=O) groups is 2. The molecule has 0 bridgehead atoms. The Morgan fingerprint density at radius 3 is 2.50 bits per heavy atom. The van der Waals surface area contributed by atoms with Crippen LogP contribution in [0.5, 0.6) is 0 Å². The SMILES string of the molecule is CCC1(OC(=O)C(F)(F)F)C(=O)N(C)c2ccccc21. The lowest BCUT2D eigenvalue weighted by atomic mass is 9.92. The van der Waals surface area contributed by atoms with Gasteiger partial charge >= 0.3 is 12.1 Å². The van der Waals surface area contributed by atoms with Gasteiger partial charge in [-0.2, -0.15) is 13.2 Å². The number of benzene rings is 1. The fourth-order valence-electron chi connectivity index (χ4n) is 2.33. The quantitative estimate of drug-likeness (QED) is 0.785. The molecule has 0 aliphatic carbocycles. The van der Waals surface area contributed by atoms with Crippen LogP contribution in [0.15, 0.2) is 24.3 Å². The molecule has 20 heavy (non-hydrogen) atoms. The molecule has 108 valence electrons. The third-order valence-electron chi connectivity index (χ3n) is 3.35. The van der Waals surface area contributed by atoms with Gasteiger partial charge in [0.05, 0.1) is 5.69 Å². The molecule has 1 atom stereocenters. The maximum Gasteiger partial charge on any atom is 0.490 e. The summed E-state index contributed by atoms with van der Waals surface area (Å²) in [5, 5.41) is 0. The van der Waals surface area contributed by atoms with E-state index in [-0.39, 0.29) is 12.0 Å². The van der Waals surface area contributed by atoms with Crippen molar-refractivity contribution in [1.29, 1.82) is 0 Å². The number of para-hydroxylation sites is 1. The summed E-state index contributed by atoms with van der Waals surface area (Å²) in [6.45, 7) is 1.50. The molecule has 1 aliphatic rings. The third kappa shape index (κ3) is 1.93. The van der Waals surface area contributed by atoms with Crippen molar-refractivity contribution in [3.8, 4) is 0 Å². The normalized spacial score (nSPS) is 21.9. The molecule has 1 aliphatic heterocycles. The summed E-state index contributed by atoms with van der Waals surface area (Å²) in [7, 11) is 1.43. The lowest BCUT2D eigenvalue weighted by Gasteiger charge is -2.27. The Labute approximate surface area is 113 Å². The lowest BCUT2D eigenvalue weighted by molar-refractivity contribution is -0.214. The molecule has 7 heteroatoms. The van der Waals surface area contributed by atoms with E-state index in [0.29, 0.717) is 5.69 Å². The molecule has 4 nitrogen and oxygen atoms in total. The number of halogens is 3. The van der Waals surface area contributed by atoms with Crippen LogP contribution in [0.4, 0.5) is 18.9 Å². The van der Waals surface area contributed by atoms with Crippen LogP contribution >= 0.6 is 0 Å². The molecule has 0 saturated carbocycles. The largest absolute Gasteiger partial charge is 0.490 e. The zero-order valence-corrected chi connectivity index (χ0v) is 10.8. The Bertz CT molecular complexity index is 570. The monoisotopic (exact) mass is 287 g/mol. The molecule has 1 amide bonds. The highest BCUT2D eigenvalue weighted by molar-refractivity contribution is 6.07. The van der Waals surface area contributed by atoms with Crippen LogP contribution in [0, 0.1) is 0 Å². The van der Waals surface area contributed by atoms with E-state index < -0.39 is 23.7 Å². The predicted molar refractivity (Wildman–Crippen MR) is 64.0 cm³/mol. The molecule has 1 heterocycles. The molecule has 0 spiro atoms. The first-order chi connectivity index (χ1) is 9.24. The summed E-state index contributed by atoms with van der Waals surface area (Å²) in [6, 6.07) is 6.31. The van der Waals surface area contributed by atoms with Gasteiger partial charge in [0.1, 0.15) is 0 Å². The number of hydrogen-bond acceptors (Lipinski definition) is 3. The van der Waals surface area contributed by atoms with Crippen molar-refractivity contribution in [2.45, 2.75) is 25.1 Å². The van der Waals surface area contributed by atoms with Crippen molar-refractivity contribution in [1.82, 2.24) is 0 Å². The van der Waals surface area contributed by atoms with Crippen molar-refractivity contribution < 1.29 is 27.5 Å². The Balaban J connectivity index is 2.51. The standard InChI is InChI=1S/C13H12F3NO3/c1-3-12(20-11(19)13(14,15)16)8-6-4-5-7-9(8)17(2)10(12)18/h4-7H,3H2,1-2H3. The summed E-state index contributed by atoms with van der Waals surface area (Å²) in [4.78, 5) is 24.6. The zero-order chi connectivity index (χ0) is 15.1. The summed E-state index contributed by atoms with van der Waals surface area (Å²) in [6.07, 6.45) is -5.21. The van der Waals surface area contributed by atoms with E-state index in [0.717, 1.165) is 0 Å². The topological polar surface area (TPSA) is 46.6 Å². The minimum absolute atomic E-state index is 0.0744. The van der Waals surface area contributed by atoms with Crippen LogP contribution in [-0.2, 0) is 19.9 Å². The summed E-state index contributed by atoms with van der Waals surface area (Å²) in [5.74, 6) is -3.04. The highest BCUT2D eigenvalue weighted by atomic mass is 19.4. The van der Waals surface area contributed by atoms with Gasteiger partial charge in [-0.1, -0.05) is 25.1 Å². The fourth-order valence-corrected chi connectivity index (χ4v) is 2.33. The molecule has 1 aromatic carbocycles. The van der Waals surface area contributed by atoms with Crippen LogP contribution in [0.1, 0.15) is 18.9 Å². The molecule has 1 aromatic rings. The van der Waals surface area contributed by atoms with Gasteiger partial charge in [-0.3, -0.25) is 4.79 Å². The van der Waals surface area contributed by atoms with Crippen LogP contribution in [0.3, 0.4) is 0 Å². The number of anilines is 1. The van der Waals surface area contributed by atoms with Gasteiger partial charge in [0.15, 0.2) is 0 Å². The Hall–Kier alpha value is -2.05. The van der Waals surface area contributed by atoms with Gasteiger partial charge < -0.3 is 9.64 Å². The Morgan fingerprint density at radius 1 is 1.35 bits per heavy atom. The average molecular weight is 287 g/mol. The minimum Gasteiger partial charge on any atom is -0.437 e. The fraction of sp³-hybridized carbons (Fsp3) is 0.385. The molecular formula is C13H12F3NO3. The smallest absolute Gasteiger partial charge is 0.437 e. The average Bonchev–Trinajstić information content (AvgIpc) is 2.61. The maximum atomic E-state index is 12.4. The van der Waals surface area contributed by atoms with Gasteiger partial charge in [-0.25, -0.2) is 4.79 Å².